The molecule has 2 aromatic heterocycles. The summed E-state index contributed by atoms with van der Waals surface area (Å²) in [4.78, 5) is 7.93. The molecule has 5 nitrogen and oxygen atoms in total. The molecule has 72 valence electrons. The highest BCUT2D eigenvalue weighted by Crippen LogP contribution is 2.17. The summed E-state index contributed by atoms with van der Waals surface area (Å²) < 4.78 is 9.57. The van der Waals surface area contributed by atoms with Crippen LogP contribution in [0.1, 0.15) is 0 Å². The van der Waals surface area contributed by atoms with Gasteiger partial charge in [-0.05, 0) is 17.7 Å². The van der Waals surface area contributed by atoms with E-state index in [0.717, 1.165) is 0 Å². The molecule has 0 amide bonds. The lowest BCUT2D eigenvalue weighted by Crippen LogP contribution is -1.90. The Labute approximate surface area is 84.7 Å². The van der Waals surface area contributed by atoms with Gasteiger partial charge < -0.3 is 9.26 Å². The lowest BCUT2D eigenvalue weighted by atomic mass is 10.3. The van der Waals surface area contributed by atoms with Gasteiger partial charge in [0.1, 0.15) is 5.69 Å². The van der Waals surface area contributed by atoms with E-state index in [-0.39, 0.29) is 5.35 Å². The number of halogens is 1. The van der Waals surface area contributed by atoms with Gasteiger partial charge in [-0.3, -0.25) is 0 Å². The summed E-state index contributed by atoms with van der Waals surface area (Å²) in [6, 6.07) is 5.25. The first-order chi connectivity index (χ1) is 6.79. The van der Waals surface area contributed by atoms with Gasteiger partial charge in [-0.15, -0.1) is 0 Å². The molecule has 0 aromatic carbocycles. The second-order valence-corrected chi connectivity index (χ2v) is 2.76. The number of pyridine rings is 1. The molecule has 2 aromatic rings. The first kappa shape index (κ1) is 8.96. The minimum absolute atomic E-state index is 0.00961. The molecule has 0 fully saturated rings. The third kappa shape index (κ3) is 1.67. The van der Waals surface area contributed by atoms with Gasteiger partial charge >= 0.3 is 5.35 Å². The molecule has 0 unspecified atom stereocenters. The van der Waals surface area contributed by atoms with Crippen molar-refractivity contribution in [2.75, 3.05) is 7.11 Å². The minimum Gasteiger partial charge on any atom is -0.481 e. The zero-order valence-corrected chi connectivity index (χ0v) is 8.02. The van der Waals surface area contributed by atoms with E-state index in [1.165, 1.54) is 7.11 Å². The van der Waals surface area contributed by atoms with Gasteiger partial charge in [0.25, 0.3) is 0 Å². The van der Waals surface area contributed by atoms with Crippen LogP contribution < -0.4 is 4.74 Å². The van der Waals surface area contributed by atoms with E-state index >= 15 is 0 Å². The fraction of sp³-hybridized carbons (Fsp3) is 0.125. The van der Waals surface area contributed by atoms with Crippen molar-refractivity contribution in [1.29, 1.82) is 0 Å². The molecule has 0 aliphatic rings. The van der Waals surface area contributed by atoms with E-state index in [2.05, 4.69) is 19.6 Å². The average molecular weight is 212 g/mol. The van der Waals surface area contributed by atoms with Gasteiger partial charge in [-0.2, -0.15) is 4.98 Å². The molecule has 0 N–H and O–H groups in total. The van der Waals surface area contributed by atoms with Crippen LogP contribution in [-0.2, 0) is 0 Å². The molecule has 0 radical (unpaired) electrons. The molecule has 0 spiro atoms. The maximum atomic E-state index is 5.48. The van der Waals surface area contributed by atoms with Crippen LogP contribution in [-0.4, -0.2) is 22.2 Å². The smallest absolute Gasteiger partial charge is 0.320 e. The van der Waals surface area contributed by atoms with Gasteiger partial charge in [0.2, 0.25) is 11.7 Å². The zero-order valence-electron chi connectivity index (χ0n) is 7.27. The van der Waals surface area contributed by atoms with Crippen molar-refractivity contribution in [3.8, 4) is 17.4 Å². The summed E-state index contributed by atoms with van der Waals surface area (Å²) in [5.74, 6) is 0.831. The van der Waals surface area contributed by atoms with Crippen molar-refractivity contribution in [2.45, 2.75) is 0 Å². The maximum absolute atomic E-state index is 5.48. The second kappa shape index (κ2) is 3.63. The number of nitrogens with zero attached hydrogens (tertiary/aromatic N) is 3. The Morgan fingerprint density at radius 1 is 1.36 bits per heavy atom. The van der Waals surface area contributed by atoms with Gasteiger partial charge in [0.05, 0.1) is 7.11 Å². The summed E-state index contributed by atoms with van der Waals surface area (Å²) in [6.45, 7) is 0. The highest BCUT2D eigenvalue weighted by atomic mass is 35.5. The first-order valence-electron chi connectivity index (χ1n) is 3.80. The van der Waals surface area contributed by atoms with Crippen LogP contribution in [0.3, 0.4) is 0 Å². The molecule has 0 bridgehead atoms. The Bertz CT molecular complexity index is 444. The molecule has 0 aliphatic carbocycles. The Hall–Kier alpha value is -1.62. The Morgan fingerprint density at radius 2 is 2.21 bits per heavy atom. The van der Waals surface area contributed by atoms with Crippen molar-refractivity contribution >= 4 is 11.6 Å². The molecule has 2 heterocycles. The molecule has 14 heavy (non-hydrogen) atoms. The molecule has 2 rings (SSSR count). The summed E-state index contributed by atoms with van der Waals surface area (Å²) in [5.41, 5.74) is 0.556. The number of hydrogen-bond acceptors (Lipinski definition) is 5. The van der Waals surface area contributed by atoms with E-state index in [4.69, 9.17) is 16.3 Å². The summed E-state index contributed by atoms with van der Waals surface area (Å²) in [6.07, 6.45) is 0. The van der Waals surface area contributed by atoms with Crippen molar-refractivity contribution in [3.63, 3.8) is 0 Å². The van der Waals surface area contributed by atoms with Crippen LogP contribution >= 0.6 is 11.6 Å². The quantitative estimate of drug-likeness (QED) is 0.758. The van der Waals surface area contributed by atoms with Crippen molar-refractivity contribution in [3.05, 3.63) is 23.5 Å². The fourth-order valence-electron chi connectivity index (χ4n) is 0.962. The monoisotopic (exact) mass is 211 g/mol. The van der Waals surface area contributed by atoms with E-state index in [1.54, 1.807) is 18.2 Å². The molecule has 0 saturated carbocycles. The van der Waals surface area contributed by atoms with E-state index in [1.807, 2.05) is 0 Å². The Balaban J connectivity index is 2.41. The SMILES string of the molecule is COc1cccc(-c2noc(Cl)n2)n1. The van der Waals surface area contributed by atoms with Crippen LogP contribution in [0, 0.1) is 0 Å². The van der Waals surface area contributed by atoms with Crippen LogP contribution in [0.5, 0.6) is 5.88 Å². The highest BCUT2D eigenvalue weighted by molar-refractivity contribution is 6.27. The van der Waals surface area contributed by atoms with Crippen molar-refractivity contribution in [1.82, 2.24) is 15.1 Å². The van der Waals surface area contributed by atoms with Gasteiger partial charge in [-0.25, -0.2) is 4.98 Å². The fourth-order valence-corrected chi connectivity index (χ4v) is 1.08. The summed E-state index contributed by atoms with van der Waals surface area (Å²) >= 11 is 5.48. The molecule has 0 aliphatic heterocycles. The first-order valence-corrected chi connectivity index (χ1v) is 4.18. The van der Waals surface area contributed by atoms with Crippen LogP contribution in [0.15, 0.2) is 22.7 Å². The third-order valence-corrected chi connectivity index (χ3v) is 1.72. The van der Waals surface area contributed by atoms with Gasteiger partial charge in [0, 0.05) is 6.07 Å². The maximum Gasteiger partial charge on any atom is 0.320 e. The van der Waals surface area contributed by atoms with Crippen molar-refractivity contribution < 1.29 is 9.26 Å². The largest absolute Gasteiger partial charge is 0.481 e. The van der Waals surface area contributed by atoms with Crippen LogP contribution in [0.4, 0.5) is 0 Å². The predicted molar refractivity (Wildman–Crippen MR) is 49.1 cm³/mol. The molecule has 0 saturated heterocycles. The van der Waals surface area contributed by atoms with E-state index < -0.39 is 0 Å². The Morgan fingerprint density at radius 3 is 2.86 bits per heavy atom. The van der Waals surface area contributed by atoms with E-state index in [0.29, 0.717) is 17.4 Å². The lowest BCUT2D eigenvalue weighted by Gasteiger charge is -1.98. The second-order valence-electron chi connectivity index (χ2n) is 2.44. The minimum atomic E-state index is -0.00961. The summed E-state index contributed by atoms with van der Waals surface area (Å²) in [5, 5.41) is 3.62. The number of ether oxygens (including phenoxy) is 1. The molecule has 6 heteroatoms. The molecule has 0 atom stereocenters. The standard InChI is InChI=1S/C8H6ClN3O2/c1-13-6-4-2-3-5(10-6)7-11-8(9)14-12-7/h2-4H,1H3. The third-order valence-electron chi connectivity index (χ3n) is 1.56. The number of hydrogen-bond donors (Lipinski definition) is 0. The van der Waals surface area contributed by atoms with Crippen LogP contribution in [0.2, 0.25) is 5.35 Å². The van der Waals surface area contributed by atoms with E-state index in [9.17, 15) is 0 Å². The van der Waals surface area contributed by atoms with Gasteiger partial charge in [-0.1, -0.05) is 11.2 Å². The number of methoxy groups -OCH3 is 1. The van der Waals surface area contributed by atoms with Gasteiger partial charge in [0.15, 0.2) is 0 Å². The number of rotatable bonds is 2. The van der Waals surface area contributed by atoms with Crippen molar-refractivity contribution in [2.24, 2.45) is 0 Å². The topological polar surface area (TPSA) is 61.0 Å². The normalized spacial score (nSPS) is 10.1. The Kier molecular flexibility index (Phi) is 2.32. The average Bonchev–Trinajstić information content (AvgIpc) is 2.65. The molecular weight excluding hydrogens is 206 g/mol. The lowest BCUT2D eigenvalue weighted by molar-refractivity contribution is 0.398. The van der Waals surface area contributed by atoms with Crippen LogP contribution in [0.25, 0.3) is 11.5 Å². The predicted octanol–water partition coefficient (Wildman–Crippen LogP) is 1.79. The molecular formula is C8H6ClN3O2. The highest BCUT2D eigenvalue weighted by Gasteiger charge is 2.08. The summed E-state index contributed by atoms with van der Waals surface area (Å²) in [7, 11) is 1.54. The number of aromatic nitrogens is 3. The zero-order chi connectivity index (χ0) is 9.97.